The lowest BCUT2D eigenvalue weighted by Gasteiger charge is -2.20. The maximum Gasteiger partial charge on any atom is 0.0557 e. The molecule has 0 spiro atoms. The molecule has 20 heavy (non-hydrogen) atoms. The van der Waals surface area contributed by atoms with E-state index in [-0.39, 0.29) is 6.04 Å². The Balaban J connectivity index is 2.51. The fourth-order valence-electron chi connectivity index (χ4n) is 2.60. The molecule has 1 unspecified atom stereocenters. The Morgan fingerprint density at radius 3 is 2.45 bits per heavy atom. The molecular weight excluding hydrogens is 266 g/mol. The Morgan fingerprint density at radius 1 is 1.05 bits per heavy atom. The summed E-state index contributed by atoms with van der Waals surface area (Å²) < 4.78 is 0. The third-order valence-corrected chi connectivity index (χ3v) is 4.39. The van der Waals surface area contributed by atoms with Crippen LogP contribution in [0.3, 0.4) is 0 Å². The molecule has 0 saturated carbocycles. The van der Waals surface area contributed by atoms with Crippen molar-refractivity contribution in [3.05, 3.63) is 69.2 Å². The zero-order valence-corrected chi connectivity index (χ0v) is 13.2. The van der Waals surface area contributed by atoms with Crippen LogP contribution in [0.4, 0.5) is 0 Å². The molecule has 2 N–H and O–H groups in total. The number of benzene rings is 2. The molecule has 2 heteroatoms. The van der Waals surface area contributed by atoms with Crippen molar-refractivity contribution >= 4 is 11.6 Å². The molecule has 0 saturated heterocycles. The van der Waals surface area contributed by atoms with Crippen molar-refractivity contribution < 1.29 is 0 Å². The highest BCUT2D eigenvalue weighted by Crippen LogP contribution is 2.29. The van der Waals surface area contributed by atoms with Crippen molar-refractivity contribution in [1.82, 2.24) is 0 Å². The molecule has 1 atom stereocenters. The highest BCUT2D eigenvalue weighted by atomic mass is 35.5. The van der Waals surface area contributed by atoms with Gasteiger partial charge in [0.2, 0.25) is 0 Å². The van der Waals surface area contributed by atoms with Gasteiger partial charge in [0.15, 0.2) is 0 Å². The number of nitrogens with two attached hydrogens (primary N) is 1. The van der Waals surface area contributed by atoms with Crippen molar-refractivity contribution in [3.8, 4) is 0 Å². The standard InChI is InChI=1S/C18H22ClN/c1-4-13-9-10-14(5-2)16(11-13)18(20)15-7-6-8-17(19)12(15)3/h6-11,18H,4-5,20H2,1-3H3. The zero-order chi connectivity index (χ0) is 14.7. The van der Waals surface area contributed by atoms with Gasteiger partial charge in [0.25, 0.3) is 0 Å². The van der Waals surface area contributed by atoms with Crippen LogP contribution in [0.15, 0.2) is 36.4 Å². The van der Waals surface area contributed by atoms with Gasteiger partial charge >= 0.3 is 0 Å². The van der Waals surface area contributed by atoms with E-state index >= 15 is 0 Å². The molecule has 0 heterocycles. The maximum absolute atomic E-state index is 6.53. The first-order valence-electron chi connectivity index (χ1n) is 7.20. The molecule has 0 aliphatic rings. The molecule has 0 aromatic heterocycles. The quantitative estimate of drug-likeness (QED) is 0.857. The summed E-state index contributed by atoms with van der Waals surface area (Å²) in [6.45, 7) is 6.37. The minimum absolute atomic E-state index is 0.116. The SMILES string of the molecule is CCc1ccc(CC)c(C(N)c2cccc(Cl)c2C)c1. The van der Waals surface area contributed by atoms with E-state index in [0.29, 0.717) is 0 Å². The molecule has 2 rings (SSSR count). The van der Waals surface area contributed by atoms with Gasteiger partial charge in [-0.2, -0.15) is 0 Å². The average Bonchev–Trinajstić information content (AvgIpc) is 2.48. The van der Waals surface area contributed by atoms with E-state index in [9.17, 15) is 0 Å². The van der Waals surface area contributed by atoms with Crippen LogP contribution in [0, 0.1) is 6.92 Å². The first-order chi connectivity index (χ1) is 9.58. The van der Waals surface area contributed by atoms with Gasteiger partial charge in [-0.1, -0.05) is 55.8 Å². The molecule has 106 valence electrons. The number of hydrogen-bond acceptors (Lipinski definition) is 1. The van der Waals surface area contributed by atoms with Crippen LogP contribution in [-0.4, -0.2) is 0 Å². The minimum atomic E-state index is -0.116. The van der Waals surface area contributed by atoms with Gasteiger partial charge in [-0.3, -0.25) is 0 Å². The van der Waals surface area contributed by atoms with E-state index < -0.39 is 0 Å². The molecule has 0 aliphatic carbocycles. The molecule has 0 radical (unpaired) electrons. The summed E-state index contributed by atoms with van der Waals surface area (Å²) in [6.07, 6.45) is 2.02. The lowest BCUT2D eigenvalue weighted by molar-refractivity contribution is 0.837. The molecule has 1 nitrogen and oxygen atoms in total. The van der Waals surface area contributed by atoms with Gasteiger partial charge in [0.1, 0.15) is 0 Å². The second kappa shape index (κ2) is 6.43. The molecule has 2 aromatic rings. The van der Waals surface area contributed by atoms with Gasteiger partial charge in [-0.25, -0.2) is 0 Å². The first-order valence-corrected chi connectivity index (χ1v) is 7.58. The van der Waals surface area contributed by atoms with Crippen LogP contribution < -0.4 is 5.73 Å². The van der Waals surface area contributed by atoms with Gasteiger partial charge in [0, 0.05) is 5.02 Å². The number of halogens is 1. The third kappa shape index (κ3) is 2.89. The topological polar surface area (TPSA) is 26.0 Å². The minimum Gasteiger partial charge on any atom is -0.320 e. The summed E-state index contributed by atoms with van der Waals surface area (Å²) in [5.74, 6) is 0. The van der Waals surface area contributed by atoms with Gasteiger partial charge < -0.3 is 5.73 Å². The highest BCUT2D eigenvalue weighted by molar-refractivity contribution is 6.31. The van der Waals surface area contributed by atoms with Crippen molar-refractivity contribution in [2.45, 2.75) is 39.7 Å². The van der Waals surface area contributed by atoms with Crippen molar-refractivity contribution in [1.29, 1.82) is 0 Å². The van der Waals surface area contributed by atoms with E-state index in [1.165, 1.54) is 16.7 Å². The molecule has 0 bridgehead atoms. The van der Waals surface area contributed by atoms with Crippen molar-refractivity contribution in [2.75, 3.05) is 0 Å². The smallest absolute Gasteiger partial charge is 0.0557 e. The van der Waals surface area contributed by atoms with Crippen LogP contribution in [0.2, 0.25) is 5.02 Å². The first kappa shape index (κ1) is 15.1. The lowest BCUT2D eigenvalue weighted by atomic mass is 9.90. The predicted octanol–water partition coefficient (Wildman–Crippen LogP) is 4.82. The molecule has 2 aromatic carbocycles. The van der Waals surface area contributed by atoms with Crippen LogP contribution in [0.25, 0.3) is 0 Å². The Morgan fingerprint density at radius 2 is 1.80 bits per heavy atom. The Kier molecular flexibility index (Phi) is 4.85. The third-order valence-electron chi connectivity index (χ3n) is 3.98. The second-order valence-electron chi connectivity index (χ2n) is 5.17. The maximum atomic E-state index is 6.53. The summed E-state index contributed by atoms with van der Waals surface area (Å²) in [5.41, 5.74) is 12.6. The van der Waals surface area contributed by atoms with Crippen molar-refractivity contribution in [2.24, 2.45) is 5.73 Å². The van der Waals surface area contributed by atoms with E-state index in [0.717, 1.165) is 29.0 Å². The lowest BCUT2D eigenvalue weighted by Crippen LogP contribution is -2.15. The van der Waals surface area contributed by atoms with Crippen LogP contribution in [0.1, 0.15) is 47.7 Å². The molecular formula is C18H22ClN. The summed E-state index contributed by atoms with van der Waals surface area (Å²) in [4.78, 5) is 0. The van der Waals surface area contributed by atoms with E-state index in [1.54, 1.807) is 0 Å². The van der Waals surface area contributed by atoms with Gasteiger partial charge in [-0.15, -0.1) is 0 Å². The van der Waals surface area contributed by atoms with Gasteiger partial charge in [0.05, 0.1) is 6.04 Å². The summed E-state index contributed by atoms with van der Waals surface area (Å²) in [7, 11) is 0. The second-order valence-corrected chi connectivity index (χ2v) is 5.58. The van der Waals surface area contributed by atoms with Crippen LogP contribution in [0.5, 0.6) is 0 Å². The van der Waals surface area contributed by atoms with E-state index in [2.05, 4.69) is 38.1 Å². The number of rotatable bonds is 4. The highest BCUT2D eigenvalue weighted by Gasteiger charge is 2.16. The summed E-state index contributed by atoms with van der Waals surface area (Å²) in [5, 5.41) is 0.780. The largest absolute Gasteiger partial charge is 0.320 e. The molecule has 0 aliphatic heterocycles. The number of hydrogen-bond donors (Lipinski definition) is 1. The normalized spacial score (nSPS) is 12.4. The van der Waals surface area contributed by atoms with E-state index in [1.807, 2.05) is 19.1 Å². The van der Waals surface area contributed by atoms with Gasteiger partial charge in [-0.05, 0) is 53.6 Å². The summed E-state index contributed by atoms with van der Waals surface area (Å²) >= 11 is 6.22. The monoisotopic (exact) mass is 287 g/mol. The molecule has 0 fully saturated rings. The summed E-state index contributed by atoms with van der Waals surface area (Å²) in [6, 6.07) is 12.5. The zero-order valence-electron chi connectivity index (χ0n) is 12.4. The Hall–Kier alpha value is -1.31. The number of aryl methyl sites for hydroxylation is 2. The Bertz CT molecular complexity index is 604. The molecule has 0 amide bonds. The fourth-order valence-corrected chi connectivity index (χ4v) is 2.79. The average molecular weight is 288 g/mol. The Labute approximate surface area is 126 Å². The fraction of sp³-hybridized carbons (Fsp3) is 0.333. The van der Waals surface area contributed by atoms with Crippen LogP contribution >= 0.6 is 11.6 Å². The predicted molar refractivity (Wildman–Crippen MR) is 87.4 cm³/mol. The van der Waals surface area contributed by atoms with Crippen LogP contribution in [-0.2, 0) is 12.8 Å². The van der Waals surface area contributed by atoms with Crippen molar-refractivity contribution in [3.63, 3.8) is 0 Å². The van der Waals surface area contributed by atoms with E-state index in [4.69, 9.17) is 17.3 Å².